The van der Waals surface area contributed by atoms with E-state index < -0.39 is 5.41 Å². The fourth-order valence-electron chi connectivity index (χ4n) is 4.62. The van der Waals surface area contributed by atoms with Gasteiger partial charge in [-0.05, 0) is 46.0 Å². The van der Waals surface area contributed by atoms with E-state index in [0.29, 0.717) is 23.6 Å². The van der Waals surface area contributed by atoms with Crippen molar-refractivity contribution in [3.05, 3.63) is 41.9 Å². The van der Waals surface area contributed by atoms with Crippen LogP contribution in [-0.4, -0.2) is 37.3 Å². The van der Waals surface area contributed by atoms with Crippen LogP contribution in [-0.2, 0) is 4.79 Å². The van der Waals surface area contributed by atoms with Gasteiger partial charge in [0.1, 0.15) is 5.69 Å². The molecule has 0 radical (unpaired) electrons. The van der Waals surface area contributed by atoms with Crippen molar-refractivity contribution in [2.24, 2.45) is 5.41 Å². The van der Waals surface area contributed by atoms with Crippen molar-refractivity contribution in [3.63, 3.8) is 0 Å². The Morgan fingerprint density at radius 3 is 2.43 bits per heavy atom. The van der Waals surface area contributed by atoms with Gasteiger partial charge >= 0.3 is 0 Å². The summed E-state index contributed by atoms with van der Waals surface area (Å²) in [5.41, 5.74) is 0.933. The van der Waals surface area contributed by atoms with E-state index in [1.54, 1.807) is 18.6 Å². The van der Waals surface area contributed by atoms with Gasteiger partial charge in [0.05, 0.1) is 29.2 Å². The van der Waals surface area contributed by atoms with Crippen molar-refractivity contribution in [1.29, 1.82) is 0 Å². The van der Waals surface area contributed by atoms with Gasteiger partial charge in [-0.1, -0.05) is 6.42 Å². The third kappa shape index (κ3) is 3.46. The molecule has 146 valence electrons. The minimum Gasteiger partial charge on any atom is -0.345 e. The quantitative estimate of drug-likeness (QED) is 0.842. The summed E-state index contributed by atoms with van der Waals surface area (Å²) in [6.45, 7) is 3.65. The van der Waals surface area contributed by atoms with Crippen LogP contribution in [0.25, 0.3) is 0 Å². The number of nitrogens with zero attached hydrogens (tertiary/aromatic N) is 4. The Balaban J connectivity index is 1.49. The second-order valence-electron chi connectivity index (χ2n) is 8.09. The van der Waals surface area contributed by atoms with E-state index in [2.05, 4.69) is 30.6 Å². The smallest absolute Gasteiger partial charge is 0.271 e. The van der Waals surface area contributed by atoms with Gasteiger partial charge in [-0.15, -0.1) is 0 Å². The minimum atomic E-state index is -0.477. The van der Waals surface area contributed by atoms with Crippen LogP contribution in [0.3, 0.4) is 0 Å². The zero-order valence-electron chi connectivity index (χ0n) is 16.2. The van der Waals surface area contributed by atoms with Gasteiger partial charge in [0.15, 0.2) is 5.82 Å². The van der Waals surface area contributed by atoms with Crippen molar-refractivity contribution in [1.82, 2.24) is 25.3 Å². The van der Waals surface area contributed by atoms with E-state index in [4.69, 9.17) is 0 Å². The molecule has 0 saturated heterocycles. The van der Waals surface area contributed by atoms with Gasteiger partial charge in [-0.3, -0.25) is 19.6 Å². The Hall–Kier alpha value is -2.90. The van der Waals surface area contributed by atoms with Crippen molar-refractivity contribution in [2.45, 2.75) is 57.9 Å². The maximum absolute atomic E-state index is 13.1. The summed E-state index contributed by atoms with van der Waals surface area (Å²) >= 11 is 0. The Labute approximate surface area is 163 Å². The molecule has 2 N–H and O–H groups in total. The lowest BCUT2D eigenvalue weighted by Crippen LogP contribution is -2.51. The number of nitrogens with one attached hydrogen (secondary N) is 2. The maximum Gasteiger partial charge on any atom is 0.271 e. The number of aromatic nitrogens is 4. The Kier molecular flexibility index (Phi) is 4.56. The standard InChI is InChI=1S/C20H24N6O2/c1-13-8-21-10-15(23-13)17(27)26-20-5-3-4-19(12-20,6-7-20)18(28)25-16-11-22-9-14(2)24-16/h8-11H,3-7,12H2,1-2H3,(H,26,27)(H,24,25,28). The molecule has 2 aliphatic carbocycles. The molecule has 2 aliphatic rings. The first kappa shape index (κ1) is 18.5. The zero-order chi connectivity index (χ0) is 19.8. The molecule has 2 bridgehead atoms. The molecule has 0 aliphatic heterocycles. The third-order valence-electron chi connectivity index (χ3n) is 5.91. The highest BCUT2D eigenvalue weighted by Crippen LogP contribution is 2.54. The summed E-state index contributed by atoms with van der Waals surface area (Å²) in [7, 11) is 0. The second-order valence-corrected chi connectivity index (χ2v) is 8.09. The molecule has 2 saturated carbocycles. The largest absolute Gasteiger partial charge is 0.345 e. The highest BCUT2D eigenvalue weighted by Gasteiger charge is 2.55. The van der Waals surface area contributed by atoms with Crippen LogP contribution in [0.1, 0.15) is 60.4 Å². The molecule has 8 nitrogen and oxygen atoms in total. The van der Waals surface area contributed by atoms with Crippen LogP contribution in [0.2, 0.25) is 0 Å². The molecule has 2 aromatic rings. The maximum atomic E-state index is 13.1. The number of carbonyl (C=O) groups is 2. The lowest BCUT2D eigenvalue weighted by molar-refractivity contribution is -0.126. The van der Waals surface area contributed by atoms with E-state index in [9.17, 15) is 9.59 Å². The zero-order valence-corrected chi connectivity index (χ0v) is 16.2. The van der Waals surface area contributed by atoms with E-state index in [1.807, 2.05) is 13.8 Å². The number of aryl methyl sites for hydroxylation is 2. The molecule has 2 aromatic heterocycles. The molecule has 2 heterocycles. The van der Waals surface area contributed by atoms with Gasteiger partial charge < -0.3 is 10.6 Å². The van der Waals surface area contributed by atoms with E-state index in [0.717, 1.165) is 37.8 Å². The minimum absolute atomic E-state index is 0.0291. The fraction of sp³-hybridized carbons (Fsp3) is 0.500. The molecule has 2 unspecified atom stereocenters. The lowest BCUT2D eigenvalue weighted by atomic mass is 9.72. The molecular weight excluding hydrogens is 356 g/mol. The Bertz CT molecular complexity index is 932. The third-order valence-corrected chi connectivity index (χ3v) is 5.91. The van der Waals surface area contributed by atoms with Crippen LogP contribution in [0, 0.1) is 19.3 Å². The van der Waals surface area contributed by atoms with E-state index >= 15 is 0 Å². The topological polar surface area (TPSA) is 110 Å². The normalized spacial score (nSPS) is 25.9. The predicted molar refractivity (Wildman–Crippen MR) is 102 cm³/mol. The summed E-state index contributed by atoms with van der Waals surface area (Å²) in [5, 5.41) is 6.10. The predicted octanol–water partition coefficient (Wildman–Crippen LogP) is 2.34. The first-order valence-electron chi connectivity index (χ1n) is 9.61. The summed E-state index contributed by atoms with van der Waals surface area (Å²) < 4.78 is 0. The number of carbonyl (C=O) groups excluding carboxylic acids is 2. The molecule has 2 amide bonds. The van der Waals surface area contributed by atoms with Crippen LogP contribution < -0.4 is 10.6 Å². The van der Waals surface area contributed by atoms with Crippen LogP contribution in [0.4, 0.5) is 5.82 Å². The van der Waals surface area contributed by atoms with Gasteiger partial charge in [-0.25, -0.2) is 9.97 Å². The number of hydrogen-bond acceptors (Lipinski definition) is 6. The number of amides is 2. The monoisotopic (exact) mass is 380 g/mol. The SMILES string of the molecule is Cc1cncc(NC(=O)C23CCCC(NC(=O)c4cncc(C)n4)(CC2)C3)n1. The fourth-order valence-corrected chi connectivity index (χ4v) is 4.62. The van der Waals surface area contributed by atoms with Gasteiger partial charge in [-0.2, -0.15) is 0 Å². The molecule has 4 rings (SSSR count). The second kappa shape index (κ2) is 6.92. The highest BCUT2D eigenvalue weighted by molar-refractivity contribution is 5.96. The van der Waals surface area contributed by atoms with E-state index in [-0.39, 0.29) is 17.4 Å². The van der Waals surface area contributed by atoms with Crippen molar-refractivity contribution in [3.8, 4) is 0 Å². The molecule has 2 atom stereocenters. The first-order chi connectivity index (χ1) is 13.4. The molecule has 8 heteroatoms. The van der Waals surface area contributed by atoms with Crippen molar-refractivity contribution in [2.75, 3.05) is 5.32 Å². The van der Waals surface area contributed by atoms with Crippen LogP contribution in [0.5, 0.6) is 0 Å². The average Bonchev–Trinajstić information content (AvgIpc) is 2.93. The summed E-state index contributed by atoms with van der Waals surface area (Å²) in [6, 6.07) is 0. The van der Waals surface area contributed by atoms with Crippen LogP contribution >= 0.6 is 0 Å². The van der Waals surface area contributed by atoms with Crippen molar-refractivity contribution >= 4 is 17.6 Å². The van der Waals surface area contributed by atoms with Crippen molar-refractivity contribution < 1.29 is 9.59 Å². The molecular formula is C20H24N6O2. The molecule has 2 fully saturated rings. The van der Waals surface area contributed by atoms with E-state index in [1.165, 1.54) is 6.20 Å². The summed E-state index contributed by atoms with van der Waals surface area (Å²) in [6.07, 6.45) is 11.1. The number of rotatable bonds is 4. The number of anilines is 1. The Morgan fingerprint density at radius 1 is 0.929 bits per heavy atom. The number of hydrogen-bond donors (Lipinski definition) is 2. The molecule has 28 heavy (non-hydrogen) atoms. The van der Waals surface area contributed by atoms with Gasteiger partial charge in [0, 0.05) is 17.9 Å². The average molecular weight is 380 g/mol. The van der Waals surface area contributed by atoms with Crippen LogP contribution in [0.15, 0.2) is 24.8 Å². The first-order valence-corrected chi connectivity index (χ1v) is 9.61. The summed E-state index contributed by atoms with van der Waals surface area (Å²) in [5.74, 6) is 0.221. The van der Waals surface area contributed by atoms with Gasteiger partial charge in [0.2, 0.25) is 5.91 Å². The number of fused-ring (bicyclic) bond motifs is 2. The molecule has 0 spiro atoms. The van der Waals surface area contributed by atoms with Gasteiger partial charge in [0.25, 0.3) is 5.91 Å². The Morgan fingerprint density at radius 2 is 1.68 bits per heavy atom. The summed E-state index contributed by atoms with van der Waals surface area (Å²) in [4.78, 5) is 42.5. The lowest BCUT2D eigenvalue weighted by Gasteiger charge is -2.39. The highest BCUT2D eigenvalue weighted by atomic mass is 16.2. The molecule has 0 aromatic carbocycles.